The summed E-state index contributed by atoms with van der Waals surface area (Å²) in [7, 11) is 0. The second-order valence-corrected chi connectivity index (χ2v) is 4.26. The molecule has 1 aromatic rings. The van der Waals surface area contributed by atoms with Gasteiger partial charge in [-0.25, -0.2) is 10.8 Å². The Kier molecular flexibility index (Phi) is 8.34. The number of ether oxygens (including phenoxy) is 2. The van der Waals surface area contributed by atoms with Crippen molar-refractivity contribution in [3.05, 3.63) is 23.9 Å². The molecule has 0 aliphatic rings. The van der Waals surface area contributed by atoms with Crippen molar-refractivity contribution >= 4 is 11.7 Å². The quantitative estimate of drug-likeness (QED) is 0.378. The van der Waals surface area contributed by atoms with E-state index in [0.717, 1.165) is 0 Å². The Labute approximate surface area is 125 Å². The van der Waals surface area contributed by atoms with Crippen LogP contribution in [-0.2, 0) is 9.47 Å². The number of nitrogen functional groups attached to an aromatic ring is 1. The van der Waals surface area contributed by atoms with Crippen LogP contribution in [0.15, 0.2) is 18.3 Å². The van der Waals surface area contributed by atoms with E-state index < -0.39 is 0 Å². The third-order valence-electron chi connectivity index (χ3n) is 2.86. The van der Waals surface area contributed by atoms with Gasteiger partial charge in [-0.1, -0.05) is 0 Å². The van der Waals surface area contributed by atoms with Crippen LogP contribution in [0, 0.1) is 0 Å². The number of anilines is 1. The summed E-state index contributed by atoms with van der Waals surface area (Å²) in [4.78, 5) is 18.2. The number of amides is 1. The van der Waals surface area contributed by atoms with E-state index in [9.17, 15) is 4.79 Å². The fraction of sp³-hybridized carbons (Fsp3) is 0.571. The number of hydrogen-bond donors (Lipinski definition) is 2. The summed E-state index contributed by atoms with van der Waals surface area (Å²) in [5.74, 6) is 5.68. The first-order valence-corrected chi connectivity index (χ1v) is 7.10. The van der Waals surface area contributed by atoms with Crippen LogP contribution in [-0.4, -0.2) is 55.3 Å². The van der Waals surface area contributed by atoms with Crippen LogP contribution < -0.4 is 11.3 Å². The van der Waals surface area contributed by atoms with Gasteiger partial charge in [0.1, 0.15) is 5.82 Å². The summed E-state index contributed by atoms with van der Waals surface area (Å²) in [5.41, 5.74) is 2.95. The van der Waals surface area contributed by atoms with Gasteiger partial charge in [0.25, 0.3) is 5.91 Å². The van der Waals surface area contributed by atoms with E-state index in [2.05, 4.69) is 10.4 Å². The minimum Gasteiger partial charge on any atom is -0.380 e. The van der Waals surface area contributed by atoms with E-state index in [4.69, 9.17) is 15.3 Å². The van der Waals surface area contributed by atoms with Crippen molar-refractivity contribution in [3.63, 3.8) is 0 Å². The van der Waals surface area contributed by atoms with Gasteiger partial charge < -0.3 is 19.8 Å². The van der Waals surface area contributed by atoms with Crippen molar-refractivity contribution in [1.29, 1.82) is 0 Å². The first-order valence-electron chi connectivity index (χ1n) is 7.10. The normalized spacial score (nSPS) is 10.4. The molecule has 0 bridgehead atoms. The molecule has 1 amide bonds. The summed E-state index contributed by atoms with van der Waals surface area (Å²) in [5, 5.41) is 0. The summed E-state index contributed by atoms with van der Waals surface area (Å²) in [6.07, 6.45) is 1.51. The molecule has 0 unspecified atom stereocenters. The van der Waals surface area contributed by atoms with Crippen molar-refractivity contribution < 1.29 is 14.3 Å². The Morgan fingerprint density at radius 3 is 2.29 bits per heavy atom. The highest BCUT2D eigenvalue weighted by Gasteiger charge is 2.15. The van der Waals surface area contributed by atoms with Crippen LogP contribution in [0.4, 0.5) is 5.82 Å². The lowest BCUT2D eigenvalue weighted by molar-refractivity contribution is 0.0550. The first-order chi connectivity index (χ1) is 10.2. The van der Waals surface area contributed by atoms with E-state index >= 15 is 0 Å². The van der Waals surface area contributed by atoms with Crippen LogP contribution in [0.1, 0.15) is 24.2 Å². The Balaban J connectivity index is 2.66. The lowest BCUT2D eigenvalue weighted by Gasteiger charge is -2.22. The minimum atomic E-state index is -0.0922. The minimum absolute atomic E-state index is 0.0922. The van der Waals surface area contributed by atoms with Gasteiger partial charge in [0.15, 0.2) is 0 Å². The molecule has 1 aromatic heterocycles. The predicted molar refractivity (Wildman–Crippen MR) is 80.9 cm³/mol. The highest BCUT2D eigenvalue weighted by molar-refractivity contribution is 5.94. The number of nitrogens with two attached hydrogens (primary N) is 1. The average Bonchev–Trinajstić information content (AvgIpc) is 2.53. The Morgan fingerprint density at radius 1 is 1.24 bits per heavy atom. The predicted octanol–water partition coefficient (Wildman–Crippen LogP) is 0.882. The van der Waals surface area contributed by atoms with Crippen LogP contribution in [0.3, 0.4) is 0 Å². The molecule has 21 heavy (non-hydrogen) atoms. The monoisotopic (exact) mass is 296 g/mol. The molecular weight excluding hydrogens is 272 g/mol. The molecule has 118 valence electrons. The molecule has 0 spiro atoms. The van der Waals surface area contributed by atoms with Crippen molar-refractivity contribution in [2.45, 2.75) is 13.8 Å². The second kappa shape index (κ2) is 10.1. The van der Waals surface area contributed by atoms with E-state index in [0.29, 0.717) is 50.9 Å². The van der Waals surface area contributed by atoms with Crippen molar-refractivity contribution in [3.8, 4) is 0 Å². The SMILES string of the molecule is CCOCCN(CCOCC)C(=O)c1ccc(NN)nc1. The third kappa shape index (κ3) is 6.07. The van der Waals surface area contributed by atoms with Crippen molar-refractivity contribution in [1.82, 2.24) is 9.88 Å². The molecule has 0 radical (unpaired) electrons. The highest BCUT2D eigenvalue weighted by atomic mass is 16.5. The maximum Gasteiger partial charge on any atom is 0.255 e. The average molecular weight is 296 g/mol. The Hall–Kier alpha value is -1.70. The number of nitrogens with zero attached hydrogens (tertiary/aromatic N) is 2. The molecule has 0 saturated carbocycles. The van der Waals surface area contributed by atoms with Gasteiger partial charge in [-0.2, -0.15) is 0 Å². The molecule has 0 aliphatic carbocycles. The smallest absolute Gasteiger partial charge is 0.255 e. The van der Waals surface area contributed by atoms with E-state index in [1.54, 1.807) is 17.0 Å². The molecule has 3 N–H and O–H groups in total. The summed E-state index contributed by atoms with van der Waals surface area (Å²) < 4.78 is 10.6. The number of pyridine rings is 1. The lowest BCUT2D eigenvalue weighted by Crippen LogP contribution is -2.36. The summed E-state index contributed by atoms with van der Waals surface area (Å²) in [6.45, 7) is 7.17. The molecule has 0 atom stereocenters. The van der Waals surface area contributed by atoms with Crippen molar-refractivity contribution in [2.75, 3.05) is 44.9 Å². The van der Waals surface area contributed by atoms with Crippen LogP contribution >= 0.6 is 0 Å². The largest absolute Gasteiger partial charge is 0.380 e. The van der Waals surface area contributed by atoms with Gasteiger partial charge >= 0.3 is 0 Å². The fourth-order valence-corrected chi connectivity index (χ4v) is 1.74. The van der Waals surface area contributed by atoms with E-state index in [1.165, 1.54) is 6.20 Å². The van der Waals surface area contributed by atoms with Gasteiger partial charge in [0.05, 0.1) is 18.8 Å². The number of nitrogens with one attached hydrogen (secondary N) is 1. The zero-order chi connectivity index (χ0) is 15.5. The molecule has 0 saturated heterocycles. The molecule has 0 aromatic carbocycles. The summed E-state index contributed by atoms with van der Waals surface area (Å²) in [6, 6.07) is 3.36. The van der Waals surface area contributed by atoms with Gasteiger partial charge in [-0.05, 0) is 26.0 Å². The van der Waals surface area contributed by atoms with Crippen molar-refractivity contribution in [2.24, 2.45) is 5.84 Å². The van der Waals surface area contributed by atoms with Gasteiger partial charge in [0, 0.05) is 32.5 Å². The number of carbonyl (C=O) groups is 1. The number of carbonyl (C=O) groups excluding carboxylic acids is 1. The molecule has 7 heteroatoms. The maximum absolute atomic E-state index is 12.5. The topological polar surface area (TPSA) is 89.7 Å². The molecule has 1 rings (SSSR count). The molecule has 1 heterocycles. The van der Waals surface area contributed by atoms with Gasteiger partial charge in [0.2, 0.25) is 0 Å². The van der Waals surface area contributed by atoms with E-state index in [1.807, 2.05) is 13.8 Å². The third-order valence-corrected chi connectivity index (χ3v) is 2.86. The van der Waals surface area contributed by atoms with E-state index in [-0.39, 0.29) is 5.91 Å². The van der Waals surface area contributed by atoms with Gasteiger partial charge in [-0.15, -0.1) is 0 Å². The molecule has 0 fully saturated rings. The van der Waals surface area contributed by atoms with Crippen LogP contribution in [0.25, 0.3) is 0 Å². The number of rotatable bonds is 10. The Bertz CT molecular complexity index is 401. The lowest BCUT2D eigenvalue weighted by atomic mass is 10.2. The maximum atomic E-state index is 12.5. The zero-order valence-electron chi connectivity index (χ0n) is 12.7. The van der Waals surface area contributed by atoms with Gasteiger partial charge in [-0.3, -0.25) is 4.79 Å². The fourth-order valence-electron chi connectivity index (χ4n) is 1.74. The van der Waals surface area contributed by atoms with Crippen LogP contribution in [0.5, 0.6) is 0 Å². The number of hydrogen-bond acceptors (Lipinski definition) is 6. The highest BCUT2D eigenvalue weighted by Crippen LogP contribution is 2.07. The molecule has 7 nitrogen and oxygen atoms in total. The summed E-state index contributed by atoms with van der Waals surface area (Å²) >= 11 is 0. The zero-order valence-corrected chi connectivity index (χ0v) is 12.7. The Morgan fingerprint density at radius 2 is 1.86 bits per heavy atom. The molecular formula is C14H24N4O3. The number of hydrazine groups is 1. The standard InChI is InChI=1S/C14H24N4O3/c1-3-20-9-7-18(8-10-21-4-2)14(19)12-5-6-13(17-15)16-11-12/h5-6,11H,3-4,7-10,15H2,1-2H3,(H,16,17). The van der Waals surface area contributed by atoms with Crippen LogP contribution in [0.2, 0.25) is 0 Å². The first kappa shape index (κ1) is 17.4. The molecule has 0 aliphatic heterocycles. The second-order valence-electron chi connectivity index (χ2n) is 4.26. The number of aromatic nitrogens is 1.